The molecule has 0 spiro atoms. The molecule has 8 heteroatoms. The van der Waals surface area contributed by atoms with Crippen molar-refractivity contribution in [3.8, 4) is 17.2 Å². The smallest absolute Gasteiger partial charge is 0.120 e. The maximum absolute atomic E-state index is 10.3. The molecule has 1 fully saturated rings. The van der Waals surface area contributed by atoms with Gasteiger partial charge in [0.25, 0.3) is 0 Å². The largest absolute Gasteiger partial charge is 0.497 e. The predicted molar refractivity (Wildman–Crippen MR) is 130 cm³/mol. The minimum absolute atomic E-state index is 0.233. The molecule has 2 atom stereocenters. The van der Waals surface area contributed by atoms with E-state index < -0.39 is 12.2 Å². The van der Waals surface area contributed by atoms with Crippen molar-refractivity contribution >= 4 is 11.6 Å². The molecular formula is C25H35ClN2O5. The topological polar surface area (TPSA) is 83.4 Å². The van der Waals surface area contributed by atoms with E-state index in [2.05, 4.69) is 10.2 Å². The molecule has 1 aliphatic heterocycles. The summed E-state index contributed by atoms with van der Waals surface area (Å²) in [6.45, 7) is 5.25. The summed E-state index contributed by atoms with van der Waals surface area (Å²) in [5, 5.41) is 24.7. The molecule has 0 amide bonds. The van der Waals surface area contributed by atoms with E-state index in [0.717, 1.165) is 37.2 Å². The van der Waals surface area contributed by atoms with Crippen molar-refractivity contribution in [2.75, 3.05) is 46.5 Å². The van der Waals surface area contributed by atoms with Crippen LogP contribution in [0.5, 0.6) is 17.2 Å². The molecule has 0 radical (unpaired) electrons. The molecule has 33 heavy (non-hydrogen) atoms. The molecule has 1 saturated heterocycles. The van der Waals surface area contributed by atoms with Gasteiger partial charge >= 0.3 is 0 Å². The molecule has 1 heterocycles. The van der Waals surface area contributed by atoms with E-state index in [1.54, 1.807) is 13.2 Å². The van der Waals surface area contributed by atoms with Gasteiger partial charge in [-0.05, 0) is 74.8 Å². The van der Waals surface area contributed by atoms with Crippen LogP contribution in [0.4, 0.5) is 0 Å². The van der Waals surface area contributed by atoms with Gasteiger partial charge in [-0.3, -0.25) is 0 Å². The first-order valence-electron chi connectivity index (χ1n) is 11.4. The highest BCUT2D eigenvalue weighted by atomic mass is 35.5. The van der Waals surface area contributed by atoms with E-state index in [-0.39, 0.29) is 13.2 Å². The number of aryl methyl sites for hydroxylation is 1. The molecule has 2 aromatic rings. The fourth-order valence-electron chi connectivity index (χ4n) is 3.75. The minimum Gasteiger partial charge on any atom is -0.497 e. The molecule has 2 aromatic carbocycles. The third-order valence-electron chi connectivity index (χ3n) is 5.79. The Morgan fingerprint density at radius 3 is 2.24 bits per heavy atom. The lowest BCUT2D eigenvalue weighted by Gasteiger charge is -2.33. The second-order valence-electron chi connectivity index (χ2n) is 8.50. The molecule has 0 aromatic heterocycles. The highest BCUT2D eigenvalue weighted by Crippen LogP contribution is 2.22. The zero-order chi connectivity index (χ0) is 23.6. The van der Waals surface area contributed by atoms with Crippen LogP contribution in [0.3, 0.4) is 0 Å². The fraction of sp³-hybridized carbons (Fsp3) is 0.520. The number of aliphatic hydroxyl groups excluding tert-OH is 2. The van der Waals surface area contributed by atoms with Gasteiger partial charge in [0.15, 0.2) is 0 Å². The van der Waals surface area contributed by atoms with Gasteiger partial charge in [-0.2, -0.15) is 0 Å². The average Bonchev–Trinajstić information content (AvgIpc) is 2.83. The number of aliphatic hydroxyl groups is 2. The summed E-state index contributed by atoms with van der Waals surface area (Å²) in [6.07, 6.45) is 0.784. The standard InChI is InChI=1S/C25H35ClN2O5/c1-18-3-4-24(13-25(18)26)33-17-21(30)15-28-11-9-19(10-12-28)27-14-20(29)16-32-23-7-5-22(31-2)6-8-23/h3-8,13,19-21,27,29-30H,9-12,14-17H2,1-2H3/t20-,21-/m0/s1. The first-order chi connectivity index (χ1) is 15.9. The number of likely N-dealkylation sites (tertiary alicyclic amines) is 1. The van der Waals surface area contributed by atoms with Crippen molar-refractivity contribution in [2.24, 2.45) is 0 Å². The van der Waals surface area contributed by atoms with Crippen LogP contribution in [0, 0.1) is 6.92 Å². The number of nitrogens with one attached hydrogen (secondary N) is 1. The van der Waals surface area contributed by atoms with Gasteiger partial charge in [0.05, 0.1) is 7.11 Å². The number of ether oxygens (including phenoxy) is 3. The molecule has 3 N–H and O–H groups in total. The van der Waals surface area contributed by atoms with Crippen LogP contribution < -0.4 is 19.5 Å². The number of hydrogen-bond acceptors (Lipinski definition) is 7. The normalized spacial score (nSPS) is 16.9. The molecule has 0 bridgehead atoms. The van der Waals surface area contributed by atoms with Crippen LogP contribution >= 0.6 is 11.6 Å². The third-order valence-corrected chi connectivity index (χ3v) is 6.19. The molecule has 0 saturated carbocycles. The van der Waals surface area contributed by atoms with Gasteiger partial charge < -0.3 is 34.6 Å². The van der Waals surface area contributed by atoms with Gasteiger partial charge in [-0.15, -0.1) is 0 Å². The Hall–Kier alpha value is -2.03. The predicted octanol–water partition coefficient (Wildman–Crippen LogP) is 2.89. The number of nitrogens with zero attached hydrogens (tertiary/aromatic N) is 1. The number of benzene rings is 2. The van der Waals surface area contributed by atoms with E-state index in [4.69, 9.17) is 25.8 Å². The van der Waals surface area contributed by atoms with Crippen LogP contribution in [-0.4, -0.2) is 79.9 Å². The minimum atomic E-state index is -0.584. The number of hydrogen-bond donors (Lipinski definition) is 3. The lowest BCUT2D eigenvalue weighted by Crippen LogP contribution is -2.47. The van der Waals surface area contributed by atoms with E-state index >= 15 is 0 Å². The Morgan fingerprint density at radius 2 is 1.58 bits per heavy atom. The van der Waals surface area contributed by atoms with Crippen LogP contribution in [0.2, 0.25) is 5.02 Å². The first kappa shape index (κ1) is 25.6. The molecule has 7 nitrogen and oxygen atoms in total. The highest BCUT2D eigenvalue weighted by Gasteiger charge is 2.21. The first-order valence-corrected chi connectivity index (χ1v) is 11.8. The van der Waals surface area contributed by atoms with Crippen LogP contribution in [-0.2, 0) is 0 Å². The number of piperidine rings is 1. The van der Waals surface area contributed by atoms with E-state index in [9.17, 15) is 10.2 Å². The zero-order valence-corrected chi connectivity index (χ0v) is 20.1. The average molecular weight is 479 g/mol. The van der Waals surface area contributed by atoms with E-state index in [1.165, 1.54) is 0 Å². The van der Waals surface area contributed by atoms with Crippen LogP contribution in [0.25, 0.3) is 0 Å². The molecule has 182 valence electrons. The molecule has 0 unspecified atom stereocenters. The van der Waals surface area contributed by atoms with Crippen molar-refractivity contribution in [3.05, 3.63) is 53.1 Å². The SMILES string of the molecule is COc1ccc(OC[C@@H](O)CNC2CCN(C[C@H](O)COc3ccc(C)c(Cl)c3)CC2)cc1. The summed E-state index contributed by atoms with van der Waals surface area (Å²) in [5.74, 6) is 2.14. The van der Waals surface area contributed by atoms with Crippen molar-refractivity contribution in [3.63, 3.8) is 0 Å². The van der Waals surface area contributed by atoms with Gasteiger partial charge in [-0.1, -0.05) is 17.7 Å². The fourth-order valence-corrected chi connectivity index (χ4v) is 3.92. The van der Waals surface area contributed by atoms with Gasteiger partial charge in [0.1, 0.15) is 42.7 Å². The van der Waals surface area contributed by atoms with Crippen molar-refractivity contribution in [2.45, 2.75) is 38.0 Å². The highest BCUT2D eigenvalue weighted by molar-refractivity contribution is 6.31. The Bertz CT molecular complexity index is 843. The summed E-state index contributed by atoms with van der Waals surface area (Å²) in [7, 11) is 1.62. The summed E-state index contributed by atoms with van der Waals surface area (Å²) in [4.78, 5) is 2.25. The molecule has 0 aliphatic carbocycles. The van der Waals surface area contributed by atoms with Gasteiger partial charge in [0, 0.05) is 24.2 Å². The molecular weight excluding hydrogens is 444 g/mol. The number of rotatable bonds is 12. The summed E-state index contributed by atoms with van der Waals surface area (Å²) < 4.78 is 16.4. The lowest BCUT2D eigenvalue weighted by atomic mass is 10.0. The number of methoxy groups -OCH3 is 1. The second-order valence-corrected chi connectivity index (χ2v) is 8.91. The summed E-state index contributed by atoms with van der Waals surface area (Å²) in [5.41, 5.74) is 0.998. The van der Waals surface area contributed by atoms with Crippen LogP contribution in [0.1, 0.15) is 18.4 Å². The molecule has 3 rings (SSSR count). The lowest BCUT2D eigenvalue weighted by molar-refractivity contribution is 0.0556. The van der Waals surface area contributed by atoms with Crippen LogP contribution in [0.15, 0.2) is 42.5 Å². The second kappa shape index (κ2) is 13.0. The Labute approximate surface area is 201 Å². The zero-order valence-electron chi connectivity index (χ0n) is 19.4. The summed E-state index contributed by atoms with van der Waals surface area (Å²) in [6, 6.07) is 13.2. The van der Waals surface area contributed by atoms with E-state index in [0.29, 0.717) is 35.7 Å². The summed E-state index contributed by atoms with van der Waals surface area (Å²) >= 11 is 6.12. The number of halogens is 1. The van der Waals surface area contributed by atoms with Gasteiger partial charge in [-0.25, -0.2) is 0 Å². The number of β-amino-alcohol motifs (C(OH)–C–C–N with tert-alkyl or cyclic N) is 1. The Morgan fingerprint density at radius 1 is 0.970 bits per heavy atom. The van der Waals surface area contributed by atoms with Crippen molar-refractivity contribution in [1.29, 1.82) is 0 Å². The van der Waals surface area contributed by atoms with Crippen molar-refractivity contribution < 1.29 is 24.4 Å². The van der Waals surface area contributed by atoms with Crippen molar-refractivity contribution in [1.82, 2.24) is 10.2 Å². The maximum atomic E-state index is 10.3. The maximum Gasteiger partial charge on any atom is 0.120 e. The third kappa shape index (κ3) is 8.68. The molecule has 1 aliphatic rings. The quantitative estimate of drug-likeness (QED) is 0.432. The van der Waals surface area contributed by atoms with Gasteiger partial charge in [0.2, 0.25) is 0 Å². The Balaban J connectivity index is 1.27. The monoisotopic (exact) mass is 478 g/mol. The van der Waals surface area contributed by atoms with E-state index in [1.807, 2.05) is 43.3 Å². The Kier molecular flexibility index (Phi) is 10.1.